The number of carbonyl (C=O) groups is 1. The van der Waals surface area contributed by atoms with Crippen molar-refractivity contribution in [1.82, 2.24) is 4.90 Å². The summed E-state index contributed by atoms with van der Waals surface area (Å²) < 4.78 is 0. The number of nitrogens with zero attached hydrogens (tertiary/aromatic N) is 3. The summed E-state index contributed by atoms with van der Waals surface area (Å²) in [6.45, 7) is 0.760. The summed E-state index contributed by atoms with van der Waals surface area (Å²) in [5.74, 6) is -0.405. The smallest absolute Gasteiger partial charge is 0.270 e. The molecule has 3 aromatic rings. The van der Waals surface area contributed by atoms with Gasteiger partial charge in [0, 0.05) is 17.7 Å². The number of phenols is 1. The van der Waals surface area contributed by atoms with Gasteiger partial charge in [0.05, 0.1) is 22.9 Å². The third-order valence-electron chi connectivity index (χ3n) is 4.82. The van der Waals surface area contributed by atoms with Crippen LogP contribution in [0.2, 0.25) is 0 Å². The summed E-state index contributed by atoms with van der Waals surface area (Å²) in [6, 6.07) is 23.0. The zero-order valence-electron chi connectivity index (χ0n) is 16.9. The molecular weight excluding hydrogens is 426 g/mol. The maximum atomic E-state index is 13.2. The van der Waals surface area contributed by atoms with E-state index in [9.17, 15) is 20.0 Å². The molecule has 1 heterocycles. The Morgan fingerprint density at radius 3 is 2.31 bits per heavy atom. The van der Waals surface area contributed by atoms with Gasteiger partial charge in [-0.25, -0.2) is 0 Å². The number of amidine groups is 1. The molecule has 4 rings (SSSR count). The topological polar surface area (TPSA) is 96.0 Å². The van der Waals surface area contributed by atoms with Crippen molar-refractivity contribution in [2.24, 2.45) is 4.99 Å². The molecule has 7 nitrogen and oxygen atoms in total. The third kappa shape index (κ3) is 4.87. The van der Waals surface area contributed by atoms with Crippen LogP contribution in [0, 0.1) is 10.1 Å². The second-order valence-corrected chi connectivity index (χ2v) is 8.08. The van der Waals surface area contributed by atoms with Gasteiger partial charge in [0.25, 0.3) is 11.6 Å². The molecule has 0 atom stereocenters. The van der Waals surface area contributed by atoms with Gasteiger partial charge in [0.15, 0.2) is 5.17 Å². The van der Waals surface area contributed by atoms with Crippen molar-refractivity contribution in [2.45, 2.75) is 13.1 Å². The van der Waals surface area contributed by atoms with Crippen LogP contribution < -0.4 is 0 Å². The number of hydrogen-bond acceptors (Lipinski definition) is 6. The SMILES string of the molecule is O=C1C(=Cc2cc([N+](=O)[O-])ccc2O)SC(=NCc2ccccc2)N1Cc1ccccc1. The summed E-state index contributed by atoms with van der Waals surface area (Å²) in [5.41, 5.74) is 2.01. The van der Waals surface area contributed by atoms with Crippen molar-refractivity contribution in [3.05, 3.63) is 111 Å². The Morgan fingerprint density at radius 1 is 1.00 bits per heavy atom. The molecule has 0 radical (unpaired) electrons. The van der Waals surface area contributed by atoms with Gasteiger partial charge in [-0.1, -0.05) is 60.7 Å². The van der Waals surface area contributed by atoms with Gasteiger partial charge in [-0.05, 0) is 35.0 Å². The number of phenolic OH excluding ortho intramolecular Hbond substituents is 1. The van der Waals surface area contributed by atoms with Crippen LogP contribution in [0.15, 0.2) is 88.8 Å². The zero-order valence-corrected chi connectivity index (χ0v) is 17.7. The Bertz CT molecular complexity index is 1210. The lowest BCUT2D eigenvalue weighted by atomic mass is 10.1. The fourth-order valence-electron chi connectivity index (χ4n) is 3.19. The minimum absolute atomic E-state index is 0.138. The fourth-order valence-corrected chi connectivity index (χ4v) is 4.15. The molecule has 1 aliphatic heterocycles. The van der Waals surface area contributed by atoms with E-state index in [2.05, 4.69) is 4.99 Å². The highest BCUT2D eigenvalue weighted by Crippen LogP contribution is 2.36. The highest BCUT2D eigenvalue weighted by atomic mass is 32.2. The molecule has 1 aliphatic rings. The molecule has 1 amide bonds. The van der Waals surface area contributed by atoms with Gasteiger partial charge in [-0.3, -0.25) is 24.8 Å². The van der Waals surface area contributed by atoms with Crippen molar-refractivity contribution in [1.29, 1.82) is 0 Å². The number of aromatic hydroxyl groups is 1. The van der Waals surface area contributed by atoms with Gasteiger partial charge in [0.1, 0.15) is 5.75 Å². The Hall–Kier alpha value is -3.91. The first-order chi connectivity index (χ1) is 15.5. The van der Waals surface area contributed by atoms with Crippen molar-refractivity contribution >= 4 is 34.6 Å². The first-order valence-electron chi connectivity index (χ1n) is 9.82. The van der Waals surface area contributed by atoms with Crippen LogP contribution in [0.25, 0.3) is 6.08 Å². The lowest BCUT2D eigenvalue weighted by Gasteiger charge is -2.15. The number of nitro benzene ring substituents is 1. The van der Waals surface area contributed by atoms with E-state index >= 15 is 0 Å². The van der Waals surface area contributed by atoms with E-state index < -0.39 is 4.92 Å². The highest BCUT2D eigenvalue weighted by molar-refractivity contribution is 8.18. The van der Waals surface area contributed by atoms with Crippen molar-refractivity contribution in [3.8, 4) is 5.75 Å². The summed E-state index contributed by atoms with van der Waals surface area (Å²) in [4.78, 5) is 30.3. The molecule has 0 aliphatic carbocycles. The normalized spacial score (nSPS) is 16.1. The Balaban J connectivity index is 1.67. The second-order valence-electron chi connectivity index (χ2n) is 7.07. The van der Waals surface area contributed by atoms with Crippen LogP contribution in [-0.4, -0.2) is 26.0 Å². The number of carbonyl (C=O) groups excluding carboxylic acids is 1. The van der Waals surface area contributed by atoms with Crippen molar-refractivity contribution in [2.75, 3.05) is 0 Å². The standard InChI is InChI=1S/C24H19N3O4S/c28-21-12-11-20(27(30)31)13-19(21)14-22-23(29)26(16-18-9-5-2-6-10-18)24(32-22)25-15-17-7-3-1-4-8-17/h1-14,28H,15-16H2. The molecule has 1 N–H and O–H groups in total. The maximum absolute atomic E-state index is 13.2. The Labute approximate surface area is 188 Å². The predicted octanol–water partition coefficient (Wildman–Crippen LogP) is 4.97. The van der Waals surface area contributed by atoms with Crippen LogP contribution in [0.5, 0.6) is 5.75 Å². The molecular formula is C24H19N3O4S. The summed E-state index contributed by atoms with van der Waals surface area (Å²) in [6.07, 6.45) is 1.47. The van der Waals surface area contributed by atoms with E-state index in [1.807, 2.05) is 60.7 Å². The van der Waals surface area contributed by atoms with Gasteiger partial charge < -0.3 is 5.11 Å². The van der Waals surface area contributed by atoms with E-state index in [0.29, 0.717) is 23.2 Å². The van der Waals surface area contributed by atoms with Crippen LogP contribution in [0.3, 0.4) is 0 Å². The average molecular weight is 446 g/mol. The molecule has 160 valence electrons. The van der Waals surface area contributed by atoms with E-state index in [1.165, 1.54) is 36.0 Å². The molecule has 0 aromatic heterocycles. The molecule has 1 saturated heterocycles. The minimum Gasteiger partial charge on any atom is -0.507 e. The van der Waals surface area contributed by atoms with Crippen LogP contribution in [-0.2, 0) is 17.9 Å². The maximum Gasteiger partial charge on any atom is 0.270 e. The fraction of sp³-hybridized carbons (Fsp3) is 0.0833. The third-order valence-corrected chi connectivity index (χ3v) is 5.86. The molecule has 1 fully saturated rings. The van der Waals surface area contributed by atoms with Crippen molar-refractivity contribution in [3.63, 3.8) is 0 Å². The Morgan fingerprint density at radius 2 is 1.66 bits per heavy atom. The van der Waals surface area contributed by atoms with Gasteiger partial charge in [-0.2, -0.15) is 0 Å². The molecule has 0 spiro atoms. The first kappa shape index (κ1) is 21.3. The van der Waals surface area contributed by atoms with Crippen LogP contribution in [0.1, 0.15) is 16.7 Å². The number of non-ortho nitro benzene ring substituents is 1. The first-order valence-corrected chi connectivity index (χ1v) is 10.6. The lowest BCUT2D eigenvalue weighted by Crippen LogP contribution is -2.28. The lowest BCUT2D eigenvalue weighted by molar-refractivity contribution is -0.384. The number of benzene rings is 3. The molecule has 32 heavy (non-hydrogen) atoms. The van der Waals surface area contributed by atoms with Crippen molar-refractivity contribution < 1.29 is 14.8 Å². The molecule has 3 aromatic carbocycles. The average Bonchev–Trinajstić information content (AvgIpc) is 3.09. The largest absolute Gasteiger partial charge is 0.507 e. The number of rotatable bonds is 6. The molecule has 0 bridgehead atoms. The zero-order chi connectivity index (χ0) is 22.5. The summed E-state index contributed by atoms with van der Waals surface area (Å²) in [7, 11) is 0. The van der Waals surface area contributed by atoms with E-state index in [-0.39, 0.29) is 22.9 Å². The monoisotopic (exact) mass is 445 g/mol. The highest BCUT2D eigenvalue weighted by Gasteiger charge is 2.33. The summed E-state index contributed by atoms with van der Waals surface area (Å²) in [5, 5.41) is 21.8. The van der Waals surface area contributed by atoms with E-state index in [1.54, 1.807) is 4.90 Å². The molecule has 8 heteroatoms. The predicted molar refractivity (Wildman–Crippen MR) is 125 cm³/mol. The van der Waals surface area contributed by atoms with Crippen LogP contribution in [0.4, 0.5) is 5.69 Å². The van der Waals surface area contributed by atoms with E-state index in [4.69, 9.17) is 0 Å². The Kier molecular flexibility index (Phi) is 6.32. The molecule has 0 saturated carbocycles. The molecule has 0 unspecified atom stereocenters. The summed E-state index contributed by atoms with van der Waals surface area (Å²) >= 11 is 1.19. The number of hydrogen-bond donors (Lipinski definition) is 1. The number of amides is 1. The number of thioether (sulfide) groups is 1. The second kappa shape index (κ2) is 9.49. The minimum atomic E-state index is -0.542. The van der Waals surface area contributed by atoms with Crippen LogP contribution >= 0.6 is 11.8 Å². The number of aliphatic imine (C=N–C) groups is 1. The van der Waals surface area contributed by atoms with E-state index in [0.717, 1.165) is 11.1 Å². The van der Waals surface area contributed by atoms with Gasteiger partial charge in [0.2, 0.25) is 0 Å². The number of nitro groups is 1. The quantitative estimate of drug-likeness (QED) is 0.328. The van der Waals surface area contributed by atoms with Gasteiger partial charge in [-0.15, -0.1) is 0 Å². The van der Waals surface area contributed by atoms with Gasteiger partial charge >= 0.3 is 0 Å².